The molecule has 4 rings (SSSR count). The minimum atomic E-state index is -0.232. The zero-order chi connectivity index (χ0) is 23.9. The number of anilines is 1. The SMILES string of the molecule is CCOc1ccc(NC(=O)Cn2nc(COc3ccccc3)n(-c3ccc(C)cc3)c2=S)cc1. The van der Waals surface area contributed by atoms with Crippen molar-refractivity contribution in [2.75, 3.05) is 11.9 Å². The number of carbonyl (C=O) groups is 1. The van der Waals surface area contributed by atoms with Crippen molar-refractivity contribution in [1.29, 1.82) is 0 Å². The van der Waals surface area contributed by atoms with Crippen molar-refractivity contribution in [2.45, 2.75) is 27.0 Å². The van der Waals surface area contributed by atoms with Gasteiger partial charge in [0.15, 0.2) is 5.82 Å². The van der Waals surface area contributed by atoms with E-state index < -0.39 is 0 Å². The molecule has 0 atom stereocenters. The Morgan fingerprint density at radius 1 is 0.941 bits per heavy atom. The number of hydrogen-bond donors (Lipinski definition) is 1. The van der Waals surface area contributed by atoms with Gasteiger partial charge in [-0.25, -0.2) is 4.68 Å². The third-order valence-electron chi connectivity index (χ3n) is 5.05. The van der Waals surface area contributed by atoms with Crippen LogP contribution in [-0.2, 0) is 17.9 Å². The summed E-state index contributed by atoms with van der Waals surface area (Å²) in [5.41, 5.74) is 2.67. The first-order valence-corrected chi connectivity index (χ1v) is 11.4. The number of hydrogen-bond acceptors (Lipinski definition) is 5. The van der Waals surface area contributed by atoms with Gasteiger partial charge in [0.1, 0.15) is 24.7 Å². The molecule has 0 saturated carbocycles. The minimum Gasteiger partial charge on any atom is -0.494 e. The number of ether oxygens (including phenoxy) is 2. The molecule has 0 unspecified atom stereocenters. The molecule has 1 amide bonds. The molecular weight excluding hydrogens is 448 g/mol. The number of carbonyl (C=O) groups excluding carboxylic acids is 1. The summed E-state index contributed by atoms with van der Waals surface area (Å²) in [6.07, 6.45) is 0. The van der Waals surface area contributed by atoms with Crippen molar-refractivity contribution in [3.05, 3.63) is 95.0 Å². The van der Waals surface area contributed by atoms with E-state index in [0.717, 1.165) is 22.7 Å². The zero-order valence-electron chi connectivity index (χ0n) is 19.1. The monoisotopic (exact) mass is 474 g/mol. The average molecular weight is 475 g/mol. The van der Waals surface area contributed by atoms with E-state index in [1.807, 2.05) is 85.1 Å². The molecule has 34 heavy (non-hydrogen) atoms. The molecule has 0 spiro atoms. The second kappa shape index (κ2) is 10.8. The Balaban J connectivity index is 1.56. The lowest BCUT2D eigenvalue weighted by Gasteiger charge is -2.09. The number of nitrogens with one attached hydrogen (secondary N) is 1. The molecule has 0 fully saturated rings. The van der Waals surface area contributed by atoms with Gasteiger partial charge in [-0.2, -0.15) is 5.10 Å². The highest BCUT2D eigenvalue weighted by Crippen LogP contribution is 2.18. The maximum absolute atomic E-state index is 12.7. The Labute approximate surface area is 203 Å². The van der Waals surface area contributed by atoms with Crippen LogP contribution in [0.2, 0.25) is 0 Å². The normalized spacial score (nSPS) is 10.6. The van der Waals surface area contributed by atoms with Crippen molar-refractivity contribution < 1.29 is 14.3 Å². The van der Waals surface area contributed by atoms with E-state index in [4.69, 9.17) is 21.7 Å². The molecule has 1 N–H and O–H groups in total. The van der Waals surface area contributed by atoms with Crippen LogP contribution in [-0.4, -0.2) is 26.9 Å². The molecule has 0 aliphatic heterocycles. The molecule has 174 valence electrons. The summed E-state index contributed by atoms with van der Waals surface area (Å²) in [4.78, 5) is 12.7. The summed E-state index contributed by atoms with van der Waals surface area (Å²) < 4.78 is 15.1. The van der Waals surface area contributed by atoms with Crippen molar-refractivity contribution in [3.8, 4) is 17.2 Å². The first-order chi connectivity index (χ1) is 16.5. The fraction of sp³-hybridized carbons (Fsp3) is 0.192. The predicted octanol–water partition coefficient (Wildman–Crippen LogP) is 5.33. The number of aromatic nitrogens is 3. The third kappa shape index (κ3) is 5.71. The van der Waals surface area contributed by atoms with Gasteiger partial charge in [-0.05, 0) is 74.6 Å². The fourth-order valence-electron chi connectivity index (χ4n) is 3.40. The number of para-hydroxylation sites is 1. The first kappa shape index (κ1) is 23.3. The molecule has 0 saturated heterocycles. The van der Waals surface area contributed by atoms with Crippen LogP contribution in [0.15, 0.2) is 78.9 Å². The van der Waals surface area contributed by atoms with Crippen LogP contribution < -0.4 is 14.8 Å². The van der Waals surface area contributed by atoms with Crippen LogP contribution in [0.25, 0.3) is 5.69 Å². The number of amides is 1. The first-order valence-electron chi connectivity index (χ1n) is 11.0. The van der Waals surface area contributed by atoms with Gasteiger partial charge in [0, 0.05) is 11.4 Å². The van der Waals surface area contributed by atoms with E-state index >= 15 is 0 Å². The van der Waals surface area contributed by atoms with E-state index in [2.05, 4.69) is 10.4 Å². The molecule has 1 aromatic heterocycles. The molecule has 0 aliphatic rings. The van der Waals surface area contributed by atoms with E-state index in [9.17, 15) is 4.79 Å². The summed E-state index contributed by atoms with van der Waals surface area (Å²) in [7, 11) is 0. The molecular formula is C26H26N4O3S. The molecule has 0 radical (unpaired) electrons. The van der Waals surface area contributed by atoms with Crippen LogP contribution in [0.5, 0.6) is 11.5 Å². The van der Waals surface area contributed by atoms with E-state index in [-0.39, 0.29) is 19.1 Å². The Morgan fingerprint density at radius 2 is 1.62 bits per heavy atom. The van der Waals surface area contributed by atoms with Crippen molar-refractivity contribution in [2.24, 2.45) is 0 Å². The van der Waals surface area contributed by atoms with Gasteiger partial charge in [0.25, 0.3) is 0 Å². The van der Waals surface area contributed by atoms with Crippen molar-refractivity contribution in [3.63, 3.8) is 0 Å². The summed E-state index contributed by atoms with van der Waals surface area (Å²) in [6, 6.07) is 24.7. The van der Waals surface area contributed by atoms with E-state index in [0.29, 0.717) is 22.9 Å². The Hall–Kier alpha value is -3.91. The third-order valence-corrected chi connectivity index (χ3v) is 5.45. The second-order valence-electron chi connectivity index (χ2n) is 7.63. The minimum absolute atomic E-state index is 0.0246. The topological polar surface area (TPSA) is 70.3 Å². The van der Waals surface area contributed by atoms with E-state index in [1.165, 1.54) is 4.68 Å². The van der Waals surface area contributed by atoms with Crippen LogP contribution >= 0.6 is 12.2 Å². The van der Waals surface area contributed by atoms with Gasteiger partial charge in [-0.3, -0.25) is 9.36 Å². The highest BCUT2D eigenvalue weighted by atomic mass is 32.1. The summed E-state index contributed by atoms with van der Waals surface area (Å²) in [5.74, 6) is 1.85. The Kier molecular flexibility index (Phi) is 7.39. The molecule has 0 bridgehead atoms. The lowest BCUT2D eigenvalue weighted by atomic mass is 10.2. The van der Waals surface area contributed by atoms with Crippen LogP contribution in [0.1, 0.15) is 18.3 Å². The standard InChI is InChI=1S/C26H26N4O3S/c1-3-32-23-15-11-20(12-16-23)27-25(31)17-29-26(34)30(21-13-9-19(2)10-14-21)24(28-29)18-33-22-7-5-4-6-8-22/h4-16H,3,17-18H2,1-2H3,(H,27,31). The molecule has 4 aromatic rings. The lowest BCUT2D eigenvalue weighted by Crippen LogP contribution is -2.20. The fourth-order valence-corrected chi connectivity index (χ4v) is 3.72. The van der Waals surface area contributed by atoms with E-state index in [1.54, 1.807) is 12.1 Å². The number of aryl methyl sites for hydroxylation is 1. The van der Waals surface area contributed by atoms with Gasteiger partial charge in [-0.1, -0.05) is 35.9 Å². The summed E-state index contributed by atoms with van der Waals surface area (Å²) >= 11 is 5.70. The number of benzene rings is 3. The lowest BCUT2D eigenvalue weighted by molar-refractivity contribution is -0.116. The predicted molar refractivity (Wildman–Crippen MR) is 134 cm³/mol. The maximum Gasteiger partial charge on any atom is 0.246 e. The molecule has 8 heteroatoms. The quantitative estimate of drug-likeness (QED) is 0.332. The maximum atomic E-state index is 12.7. The zero-order valence-corrected chi connectivity index (χ0v) is 19.9. The molecule has 0 aliphatic carbocycles. The highest BCUT2D eigenvalue weighted by Gasteiger charge is 2.16. The smallest absolute Gasteiger partial charge is 0.246 e. The molecule has 3 aromatic carbocycles. The van der Waals surface area contributed by atoms with Gasteiger partial charge in [-0.15, -0.1) is 0 Å². The van der Waals surface area contributed by atoms with Gasteiger partial charge in [0.2, 0.25) is 10.7 Å². The molecule has 1 heterocycles. The number of nitrogens with zero attached hydrogens (tertiary/aromatic N) is 3. The second-order valence-corrected chi connectivity index (χ2v) is 8.00. The Bertz CT molecular complexity index is 1300. The van der Waals surface area contributed by atoms with Crippen LogP contribution in [0.3, 0.4) is 0 Å². The largest absolute Gasteiger partial charge is 0.494 e. The van der Waals surface area contributed by atoms with Crippen LogP contribution in [0.4, 0.5) is 5.69 Å². The average Bonchev–Trinajstić information content (AvgIpc) is 3.15. The Morgan fingerprint density at radius 3 is 2.29 bits per heavy atom. The van der Waals surface area contributed by atoms with Crippen molar-refractivity contribution in [1.82, 2.24) is 14.3 Å². The van der Waals surface area contributed by atoms with Crippen molar-refractivity contribution >= 4 is 23.8 Å². The van der Waals surface area contributed by atoms with Gasteiger partial charge in [0.05, 0.1) is 6.61 Å². The summed E-state index contributed by atoms with van der Waals surface area (Å²) in [5, 5.41) is 7.49. The molecule has 7 nitrogen and oxygen atoms in total. The van der Waals surface area contributed by atoms with Gasteiger partial charge < -0.3 is 14.8 Å². The van der Waals surface area contributed by atoms with Gasteiger partial charge >= 0.3 is 0 Å². The summed E-state index contributed by atoms with van der Waals surface area (Å²) in [6.45, 7) is 4.72. The van der Waals surface area contributed by atoms with Crippen LogP contribution in [0, 0.1) is 11.7 Å². The number of rotatable bonds is 9. The highest BCUT2D eigenvalue weighted by molar-refractivity contribution is 7.71.